The van der Waals surface area contributed by atoms with E-state index in [-0.39, 0.29) is 34.9 Å². The molecule has 2 aromatic rings. The molecule has 2 heterocycles. The predicted octanol–water partition coefficient (Wildman–Crippen LogP) is 1.40. The summed E-state index contributed by atoms with van der Waals surface area (Å²) in [6, 6.07) is 6.90. The number of anilines is 2. The Bertz CT molecular complexity index is 1200. The van der Waals surface area contributed by atoms with Gasteiger partial charge >= 0.3 is 5.97 Å². The lowest BCUT2D eigenvalue weighted by Crippen LogP contribution is -2.32. The summed E-state index contributed by atoms with van der Waals surface area (Å²) < 4.78 is 6.79. The van der Waals surface area contributed by atoms with Crippen LogP contribution < -0.4 is 25.4 Å². The summed E-state index contributed by atoms with van der Waals surface area (Å²) in [5.74, 6) is -0.150. The first-order valence-electron chi connectivity index (χ1n) is 9.68. The van der Waals surface area contributed by atoms with Crippen molar-refractivity contribution in [2.75, 3.05) is 17.2 Å². The van der Waals surface area contributed by atoms with E-state index in [2.05, 4.69) is 15.6 Å². The van der Waals surface area contributed by atoms with Gasteiger partial charge in [-0.05, 0) is 26.0 Å². The minimum absolute atomic E-state index is 0.125. The SMILES string of the molecule is CCOC(=O)C(C#N)=c1sc(=CNc2cccc(NC(=O)C(C)(C)C)n2)c(=O)n1CC. The van der Waals surface area contributed by atoms with E-state index in [1.165, 1.54) is 10.8 Å². The molecule has 9 nitrogen and oxygen atoms in total. The molecule has 31 heavy (non-hydrogen) atoms. The first-order chi connectivity index (χ1) is 14.6. The van der Waals surface area contributed by atoms with E-state index in [0.29, 0.717) is 16.2 Å². The number of hydrogen-bond donors (Lipinski definition) is 2. The van der Waals surface area contributed by atoms with Crippen LogP contribution in [0.15, 0.2) is 23.0 Å². The van der Waals surface area contributed by atoms with Gasteiger partial charge in [-0.1, -0.05) is 26.8 Å². The Morgan fingerprint density at radius 2 is 1.97 bits per heavy atom. The van der Waals surface area contributed by atoms with E-state index < -0.39 is 11.4 Å². The van der Waals surface area contributed by atoms with Crippen molar-refractivity contribution < 1.29 is 14.3 Å². The number of thiazole rings is 1. The zero-order chi connectivity index (χ0) is 23.2. The lowest BCUT2D eigenvalue weighted by Gasteiger charge is -2.17. The molecule has 0 fully saturated rings. The molecule has 2 N–H and O–H groups in total. The molecule has 164 valence electrons. The van der Waals surface area contributed by atoms with Gasteiger partial charge in [0.1, 0.15) is 26.9 Å². The number of nitrogens with one attached hydrogen (secondary N) is 2. The summed E-state index contributed by atoms with van der Waals surface area (Å²) in [6.07, 6.45) is 1.46. The molecule has 0 unspecified atom stereocenters. The molecule has 0 spiro atoms. The van der Waals surface area contributed by atoms with Crippen LogP contribution in [-0.4, -0.2) is 28.0 Å². The molecule has 0 saturated carbocycles. The van der Waals surface area contributed by atoms with Gasteiger partial charge in [0, 0.05) is 18.2 Å². The predicted molar refractivity (Wildman–Crippen MR) is 120 cm³/mol. The van der Waals surface area contributed by atoms with Crippen molar-refractivity contribution in [2.45, 2.75) is 41.2 Å². The second kappa shape index (κ2) is 10.0. The van der Waals surface area contributed by atoms with Crippen LogP contribution in [0.4, 0.5) is 11.6 Å². The van der Waals surface area contributed by atoms with Crippen molar-refractivity contribution in [1.29, 1.82) is 5.26 Å². The summed E-state index contributed by atoms with van der Waals surface area (Å²) in [5, 5.41) is 15.1. The number of pyridine rings is 1. The van der Waals surface area contributed by atoms with Crippen LogP contribution in [0.1, 0.15) is 34.6 Å². The third-order valence-corrected chi connectivity index (χ3v) is 5.18. The zero-order valence-corrected chi connectivity index (χ0v) is 18.9. The Morgan fingerprint density at radius 3 is 2.55 bits per heavy atom. The molecule has 2 rings (SSSR count). The van der Waals surface area contributed by atoms with Crippen LogP contribution in [0, 0.1) is 16.7 Å². The minimum Gasteiger partial charge on any atom is -0.462 e. The monoisotopic (exact) mass is 443 g/mol. The molecule has 0 atom stereocenters. The molecule has 0 aromatic carbocycles. The second-order valence-electron chi connectivity index (χ2n) is 7.43. The molecule has 1 amide bonds. The molecule has 0 aliphatic rings. The van der Waals surface area contributed by atoms with Gasteiger partial charge in [-0.2, -0.15) is 5.26 Å². The van der Waals surface area contributed by atoms with Crippen molar-refractivity contribution in [1.82, 2.24) is 9.55 Å². The molecule has 2 aromatic heterocycles. The molecular formula is C21H25N5O4S. The number of carbonyl (C=O) groups is 2. The average Bonchev–Trinajstić information content (AvgIpc) is 3.02. The van der Waals surface area contributed by atoms with Crippen molar-refractivity contribution in [3.63, 3.8) is 0 Å². The highest BCUT2D eigenvalue weighted by Gasteiger charge is 2.21. The number of rotatable bonds is 6. The largest absolute Gasteiger partial charge is 0.462 e. The Morgan fingerprint density at radius 1 is 1.29 bits per heavy atom. The normalized spacial score (nSPS) is 12.7. The van der Waals surface area contributed by atoms with Gasteiger partial charge in [-0.25, -0.2) is 9.78 Å². The molecule has 0 bridgehead atoms. The summed E-state index contributed by atoms with van der Waals surface area (Å²) in [4.78, 5) is 41.3. The molecule has 0 aliphatic carbocycles. The average molecular weight is 444 g/mol. The summed E-state index contributed by atoms with van der Waals surface area (Å²) in [5.41, 5.74) is -1.12. The van der Waals surface area contributed by atoms with Crippen molar-refractivity contribution in [3.8, 4) is 6.07 Å². The van der Waals surface area contributed by atoms with E-state index in [1.807, 2.05) is 6.07 Å². The zero-order valence-electron chi connectivity index (χ0n) is 18.1. The Labute approximate surface area is 183 Å². The van der Waals surface area contributed by atoms with Crippen LogP contribution in [-0.2, 0) is 20.9 Å². The van der Waals surface area contributed by atoms with Gasteiger partial charge in [0.15, 0.2) is 5.57 Å². The van der Waals surface area contributed by atoms with E-state index in [9.17, 15) is 19.6 Å². The summed E-state index contributed by atoms with van der Waals surface area (Å²) in [7, 11) is 0. The van der Waals surface area contributed by atoms with Crippen molar-refractivity contribution in [3.05, 3.63) is 37.7 Å². The first kappa shape index (κ1) is 23.8. The number of ether oxygens (including phenoxy) is 1. The van der Waals surface area contributed by atoms with Gasteiger partial charge in [0.05, 0.1) is 6.61 Å². The topological polar surface area (TPSA) is 126 Å². The lowest BCUT2D eigenvalue weighted by atomic mass is 9.96. The van der Waals surface area contributed by atoms with Crippen LogP contribution in [0.5, 0.6) is 0 Å². The quantitative estimate of drug-likeness (QED) is 0.646. The van der Waals surface area contributed by atoms with Gasteiger partial charge < -0.3 is 15.4 Å². The number of amides is 1. The standard InChI is InChI=1S/C21H25N5O4S/c1-6-26-17(27)14(31-18(26)13(11-22)19(28)30-7-2)12-23-15-9-8-10-16(24-15)25-20(29)21(3,4)5/h8-10,12H,6-7H2,1-5H3,(H2,23,24,25,29). The van der Waals surface area contributed by atoms with Gasteiger partial charge in [-0.15, -0.1) is 11.3 Å². The Kier molecular flexibility index (Phi) is 7.72. The Balaban J connectivity index is 2.43. The highest BCUT2D eigenvalue weighted by Crippen LogP contribution is 2.17. The fraction of sp³-hybridized carbons (Fsp3) is 0.381. The van der Waals surface area contributed by atoms with Gasteiger partial charge in [0.2, 0.25) is 5.91 Å². The van der Waals surface area contributed by atoms with E-state index in [0.717, 1.165) is 11.3 Å². The van der Waals surface area contributed by atoms with E-state index in [4.69, 9.17) is 4.74 Å². The number of esters is 1. The summed E-state index contributed by atoms with van der Waals surface area (Å²) >= 11 is 1.01. The third-order valence-electron chi connectivity index (χ3n) is 4.05. The fourth-order valence-electron chi connectivity index (χ4n) is 2.40. The number of carbonyl (C=O) groups excluding carboxylic acids is 2. The molecule has 0 saturated heterocycles. The minimum atomic E-state index is -0.767. The fourth-order valence-corrected chi connectivity index (χ4v) is 3.48. The maximum atomic E-state index is 12.7. The van der Waals surface area contributed by atoms with Crippen molar-refractivity contribution in [2.24, 2.45) is 5.41 Å². The molecule has 10 heteroatoms. The van der Waals surface area contributed by atoms with E-state index in [1.54, 1.807) is 52.8 Å². The second-order valence-corrected chi connectivity index (χ2v) is 8.46. The van der Waals surface area contributed by atoms with Crippen LogP contribution >= 0.6 is 11.3 Å². The smallest absolute Gasteiger partial charge is 0.351 e. The van der Waals surface area contributed by atoms with Crippen LogP contribution in [0.2, 0.25) is 0 Å². The number of nitriles is 1. The highest BCUT2D eigenvalue weighted by atomic mass is 32.1. The summed E-state index contributed by atoms with van der Waals surface area (Å²) in [6.45, 7) is 9.20. The number of nitrogens with zero attached hydrogens (tertiary/aromatic N) is 3. The maximum Gasteiger partial charge on any atom is 0.351 e. The lowest BCUT2D eigenvalue weighted by molar-refractivity contribution is -0.136. The van der Waals surface area contributed by atoms with Crippen LogP contribution in [0.3, 0.4) is 0 Å². The maximum absolute atomic E-state index is 12.7. The first-order valence-corrected chi connectivity index (χ1v) is 10.5. The van der Waals surface area contributed by atoms with Crippen LogP contribution in [0.25, 0.3) is 11.8 Å². The number of aromatic nitrogens is 2. The van der Waals surface area contributed by atoms with Gasteiger partial charge in [0.25, 0.3) is 5.56 Å². The third kappa shape index (κ3) is 5.79. The molecule has 0 radical (unpaired) electrons. The molecule has 0 aliphatic heterocycles. The van der Waals surface area contributed by atoms with Crippen molar-refractivity contribution >= 4 is 46.6 Å². The van der Waals surface area contributed by atoms with Gasteiger partial charge in [-0.3, -0.25) is 14.2 Å². The Hall–Kier alpha value is -3.45. The number of hydrogen-bond acceptors (Lipinski definition) is 8. The highest BCUT2D eigenvalue weighted by molar-refractivity contribution is 7.07. The van der Waals surface area contributed by atoms with E-state index >= 15 is 0 Å². The molecular weight excluding hydrogens is 418 g/mol.